The Morgan fingerprint density at radius 2 is 1.76 bits per heavy atom. The Morgan fingerprint density at radius 3 is 2.48 bits per heavy atom. The van der Waals surface area contributed by atoms with Gasteiger partial charge in [0.15, 0.2) is 5.82 Å². The van der Waals surface area contributed by atoms with E-state index in [1.54, 1.807) is 24.3 Å². The number of carbonyl (C=O) groups excluding carboxylic acids is 1. The normalized spacial score (nSPS) is 10.2. The zero-order valence-electron chi connectivity index (χ0n) is 11.0. The molecular weight excluding hydrogens is 280 g/mol. The van der Waals surface area contributed by atoms with Crippen molar-refractivity contribution < 1.29 is 23.0 Å². The summed E-state index contributed by atoms with van der Waals surface area (Å²) < 4.78 is 37.1. The molecular formula is C15H13F2NO3. The number of rotatable bonds is 5. The van der Waals surface area contributed by atoms with Crippen LogP contribution in [0.1, 0.15) is 10.4 Å². The SMILES string of the molecule is Nc1ccc(F)c(C(=O)OCCOc2ccccc2)c1F. The quantitative estimate of drug-likeness (QED) is 0.523. The molecule has 4 nitrogen and oxygen atoms in total. The molecule has 0 radical (unpaired) electrons. The van der Waals surface area contributed by atoms with Crippen LogP contribution in [0.25, 0.3) is 0 Å². The number of benzene rings is 2. The van der Waals surface area contributed by atoms with E-state index in [0.29, 0.717) is 5.75 Å². The Balaban J connectivity index is 1.89. The molecule has 0 amide bonds. The first-order chi connectivity index (χ1) is 10.1. The van der Waals surface area contributed by atoms with Gasteiger partial charge in [-0.2, -0.15) is 0 Å². The number of anilines is 1. The molecule has 0 bridgehead atoms. The van der Waals surface area contributed by atoms with E-state index < -0.39 is 23.2 Å². The van der Waals surface area contributed by atoms with E-state index in [1.165, 1.54) is 0 Å². The molecule has 0 aromatic heterocycles. The Morgan fingerprint density at radius 1 is 1.05 bits per heavy atom. The molecule has 0 aliphatic heterocycles. The van der Waals surface area contributed by atoms with Gasteiger partial charge in [-0.05, 0) is 24.3 Å². The molecule has 0 aliphatic rings. The van der Waals surface area contributed by atoms with E-state index in [1.807, 2.05) is 6.07 Å². The third-order valence-electron chi connectivity index (χ3n) is 2.65. The van der Waals surface area contributed by atoms with Crippen LogP contribution in [0.3, 0.4) is 0 Å². The molecule has 0 saturated heterocycles. The molecule has 0 aliphatic carbocycles. The maximum atomic E-state index is 13.6. The van der Waals surface area contributed by atoms with Crippen molar-refractivity contribution in [1.82, 2.24) is 0 Å². The van der Waals surface area contributed by atoms with Gasteiger partial charge in [0.1, 0.15) is 30.3 Å². The summed E-state index contributed by atoms with van der Waals surface area (Å²) in [5.41, 5.74) is 4.17. The number of hydrogen-bond donors (Lipinski definition) is 1. The molecule has 2 aromatic rings. The van der Waals surface area contributed by atoms with Crippen LogP contribution >= 0.6 is 0 Å². The number of nitrogen functional groups attached to an aromatic ring is 1. The number of carbonyl (C=O) groups is 1. The topological polar surface area (TPSA) is 61.6 Å². The number of esters is 1. The number of nitrogens with two attached hydrogens (primary N) is 1. The molecule has 0 fully saturated rings. The first-order valence-corrected chi connectivity index (χ1v) is 6.18. The van der Waals surface area contributed by atoms with Crippen LogP contribution in [0.15, 0.2) is 42.5 Å². The lowest BCUT2D eigenvalue weighted by Gasteiger charge is -2.09. The van der Waals surface area contributed by atoms with Crippen LogP contribution in [0.4, 0.5) is 14.5 Å². The van der Waals surface area contributed by atoms with Gasteiger partial charge in [0.05, 0.1) is 5.69 Å². The van der Waals surface area contributed by atoms with E-state index in [9.17, 15) is 13.6 Å². The summed E-state index contributed by atoms with van der Waals surface area (Å²) in [6, 6.07) is 10.8. The van der Waals surface area contributed by atoms with Crippen molar-refractivity contribution in [1.29, 1.82) is 0 Å². The van der Waals surface area contributed by atoms with Gasteiger partial charge in [0.2, 0.25) is 0 Å². The van der Waals surface area contributed by atoms with Gasteiger partial charge in [-0.3, -0.25) is 0 Å². The van der Waals surface area contributed by atoms with Crippen molar-refractivity contribution >= 4 is 11.7 Å². The van der Waals surface area contributed by atoms with Gasteiger partial charge in [-0.1, -0.05) is 18.2 Å². The average molecular weight is 293 g/mol. The highest BCUT2D eigenvalue weighted by molar-refractivity contribution is 5.91. The van der Waals surface area contributed by atoms with E-state index in [2.05, 4.69) is 0 Å². The zero-order chi connectivity index (χ0) is 15.2. The van der Waals surface area contributed by atoms with Crippen LogP contribution in [-0.2, 0) is 4.74 Å². The maximum Gasteiger partial charge on any atom is 0.344 e. The summed E-state index contributed by atoms with van der Waals surface area (Å²) >= 11 is 0. The van der Waals surface area contributed by atoms with Crippen LogP contribution in [0.5, 0.6) is 5.75 Å². The first kappa shape index (κ1) is 14.8. The standard InChI is InChI=1S/C15H13F2NO3/c16-11-6-7-12(18)14(17)13(11)15(19)21-9-8-20-10-4-2-1-3-5-10/h1-7H,8-9,18H2. The van der Waals surface area contributed by atoms with E-state index in [0.717, 1.165) is 12.1 Å². The highest BCUT2D eigenvalue weighted by atomic mass is 19.1. The second-order valence-corrected chi connectivity index (χ2v) is 4.12. The minimum Gasteiger partial charge on any atom is -0.490 e. The van der Waals surface area contributed by atoms with E-state index in [4.69, 9.17) is 15.2 Å². The van der Waals surface area contributed by atoms with Gasteiger partial charge < -0.3 is 15.2 Å². The molecule has 0 unspecified atom stereocenters. The molecule has 0 atom stereocenters. The molecule has 0 spiro atoms. The fourth-order valence-electron chi connectivity index (χ4n) is 1.64. The van der Waals surface area contributed by atoms with Crippen molar-refractivity contribution in [2.24, 2.45) is 0 Å². The van der Waals surface area contributed by atoms with Crippen LogP contribution < -0.4 is 10.5 Å². The van der Waals surface area contributed by atoms with Gasteiger partial charge in [-0.15, -0.1) is 0 Å². The minimum absolute atomic E-state index is 0.0707. The maximum absolute atomic E-state index is 13.6. The minimum atomic E-state index is -1.12. The number of para-hydroxylation sites is 1. The number of ether oxygens (including phenoxy) is 2. The molecule has 21 heavy (non-hydrogen) atoms. The fraction of sp³-hybridized carbons (Fsp3) is 0.133. The molecule has 0 heterocycles. The Bertz CT molecular complexity index is 632. The lowest BCUT2D eigenvalue weighted by atomic mass is 10.2. The highest BCUT2D eigenvalue weighted by Gasteiger charge is 2.20. The molecule has 2 N–H and O–H groups in total. The largest absolute Gasteiger partial charge is 0.490 e. The Kier molecular flexibility index (Phi) is 4.71. The van der Waals surface area contributed by atoms with Crippen molar-refractivity contribution in [2.75, 3.05) is 18.9 Å². The van der Waals surface area contributed by atoms with E-state index in [-0.39, 0.29) is 18.9 Å². The van der Waals surface area contributed by atoms with Crippen molar-refractivity contribution in [3.63, 3.8) is 0 Å². The molecule has 2 rings (SSSR count). The zero-order valence-corrected chi connectivity index (χ0v) is 11.0. The van der Waals surface area contributed by atoms with Crippen molar-refractivity contribution in [3.05, 3.63) is 59.7 Å². The smallest absolute Gasteiger partial charge is 0.344 e. The third-order valence-corrected chi connectivity index (χ3v) is 2.65. The lowest BCUT2D eigenvalue weighted by Crippen LogP contribution is -2.15. The predicted octanol–water partition coefficient (Wildman–Crippen LogP) is 2.78. The Labute approximate surface area is 120 Å². The molecule has 2 aromatic carbocycles. The third kappa shape index (κ3) is 3.68. The van der Waals surface area contributed by atoms with Gasteiger partial charge in [0, 0.05) is 0 Å². The summed E-state index contributed by atoms with van der Waals surface area (Å²) in [5, 5.41) is 0. The summed E-state index contributed by atoms with van der Waals surface area (Å²) in [5.74, 6) is -2.65. The fourth-order valence-corrected chi connectivity index (χ4v) is 1.64. The summed E-state index contributed by atoms with van der Waals surface area (Å²) in [4.78, 5) is 11.6. The Hall–Kier alpha value is -2.63. The second-order valence-electron chi connectivity index (χ2n) is 4.12. The summed E-state index contributed by atoms with van der Waals surface area (Å²) in [6.45, 7) is -0.0668. The van der Waals surface area contributed by atoms with Gasteiger partial charge in [-0.25, -0.2) is 13.6 Å². The summed E-state index contributed by atoms with van der Waals surface area (Å²) in [7, 11) is 0. The highest BCUT2D eigenvalue weighted by Crippen LogP contribution is 2.19. The van der Waals surface area contributed by atoms with Gasteiger partial charge in [0.25, 0.3) is 0 Å². The first-order valence-electron chi connectivity index (χ1n) is 6.18. The monoisotopic (exact) mass is 293 g/mol. The van der Waals surface area contributed by atoms with Crippen molar-refractivity contribution in [3.8, 4) is 5.75 Å². The van der Waals surface area contributed by atoms with Crippen LogP contribution in [-0.4, -0.2) is 19.2 Å². The lowest BCUT2D eigenvalue weighted by molar-refractivity contribution is 0.0439. The predicted molar refractivity (Wildman–Crippen MR) is 73.0 cm³/mol. The second kappa shape index (κ2) is 6.69. The molecule has 0 saturated carbocycles. The summed E-state index contributed by atoms with van der Waals surface area (Å²) in [6.07, 6.45) is 0. The average Bonchev–Trinajstić information content (AvgIpc) is 2.49. The van der Waals surface area contributed by atoms with E-state index >= 15 is 0 Å². The number of halogens is 2. The van der Waals surface area contributed by atoms with Crippen LogP contribution in [0, 0.1) is 11.6 Å². The molecule has 110 valence electrons. The molecule has 6 heteroatoms. The van der Waals surface area contributed by atoms with Crippen molar-refractivity contribution in [2.45, 2.75) is 0 Å². The number of hydrogen-bond acceptors (Lipinski definition) is 4. The van der Waals surface area contributed by atoms with Gasteiger partial charge >= 0.3 is 5.97 Å². The van der Waals surface area contributed by atoms with Crippen LogP contribution in [0.2, 0.25) is 0 Å².